The average Bonchev–Trinajstić information content (AvgIpc) is 2.15. The molecule has 0 fully saturated rings. The van der Waals surface area contributed by atoms with E-state index in [-0.39, 0.29) is 10.2 Å². The number of primary amides is 1. The van der Waals surface area contributed by atoms with Gasteiger partial charge in [-0.2, -0.15) is 5.26 Å². The number of halogens is 3. The minimum atomic E-state index is -2.90. The van der Waals surface area contributed by atoms with Crippen LogP contribution in [0, 0.1) is 11.3 Å². The predicted molar refractivity (Wildman–Crippen MR) is 50.1 cm³/mol. The number of pyridine rings is 1. The van der Waals surface area contributed by atoms with Crippen LogP contribution in [0.2, 0.25) is 0 Å². The molecule has 1 rings (SSSR count). The molecule has 1 aromatic rings. The van der Waals surface area contributed by atoms with Crippen molar-refractivity contribution in [3.8, 4) is 6.07 Å². The fraction of sp³-hybridized carbons (Fsp3) is 0.125. The molecule has 0 atom stereocenters. The molecule has 0 aliphatic rings. The van der Waals surface area contributed by atoms with E-state index in [1.54, 1.807) is 0 Å². The van der Waals surface area contributed by atoms with Crippen LogP contribution < -0.4 is 5.73 Å². The number of amides is 1. The van der Waals surface area contributed by atoms with E-state index >= 15 is 0 Å². The summed E-state index contributed by atoms with van der Waals surface area (Å²) >= 11 is 2.78. The minimum Gasteiger partial charge on any atom is -0.366 e. The number of carbonyl (C=O) groups is 1. The zero-order valence-corrected chi connectivity index (χ0v) is 8.75. The van der Waals surface area contributed by atoms with Crippen molar-refractivity contribution in [2.75, 3.05) is 0 Å². The second-order valence-corrected chi connectivity index (χ2v) is 3.28. The van der Waals surface area contributed by atoms with Crippen molar-refractivity contribution in [3.63, 3.8) is 0 Å². The Morgan fingerprint density at radius 1 is 1.67 bits per heavy atom. The van der Waals surface area contributed by atoms with Crippen LogP contribution in [0.25, 0.3) is 0 Å². The van der Waals surface area contributed by atoms with Gasteiger partial charge in [0, 0.05) is 6.20 Å². The Balaban J connectivity index is 3.56. The van der Waals surface area contributed by atoms with Crippen LogP contribution in [0.5, 0.6) is 0 Å². The molecule has 78 valence electrons. The van der Waals surface area contributed by atoms with Crippen molar-refractivity contribution in [1.82, 2.24) is 4.98 Å². The van der Waals surface area contributed by atoms with Crippen molar-refractivity contribution < 1.29 is 13.6 Å². The third-order valence-electron chi connectivity index (χ3n) is 1.66. The van der Waals surface area contributed by atoms with E-state index in [2.05, 4.69) is 20.9 Å². The molecule has 15 heavy (non-hydrogen) atoms. The maximum atomic E-state index is 12.5. The minimum absolute atomic E-state index is 0.168. The molecular weight excluding hydrogens is 272 g/mol. The number of nitrogens with zero attached hydrogens (tertiary/aromatic N) is 2. The van der Waals surface area contributed by atoms with Gasteiger partial charge >= 0.3 is 0 Å². The molecule has 1 heterocycles. The highest BCUT2D eigenvalue weighted by Gasteiger charge is 2.22. The van der Waals surface area contributed by atoms with Gasteiger partial charge in [-0.25, -0.2) is 13.8 Å². The van der Waals surface area contributed by atoms with Crippen LogP contribution in [0.15, 0.2) is 10.8 Å². The van der Waals surface area contributed by atoms with E-state index in [9.17, 15) is 13.6 Å². The number of hydrogen-bond donors (Lipinski definition) is 1. The third kappa shape index (κ3) is 2.10. The summed E-state index contributed by atoms with van der Waals surface area (Å²) in [7, 11) is 0. The largest absolute Gasteiger partial charge is 0.366 e. The Morgan fingerprint density at radius 3 is 2.67 bits per heavy atom. The van der Waals surface area contributed by atoms with Gasteiger partial charge in [-0.1, -0.05) is 0 Å². The molecule has 0 spiro atoms. The van der Waals surface area contributed by atoms with Gasteiger partial charge in [-0.3, -0.25) is 4.79 Å². The lowest BCUT2D eigenvalue weighted by Crippen LogP contribution is -2.15. The van der Waals surface area contributed by atoms with Crippen LogP contribution in [0.3, 0.4) is 0 Å². The average molecular weight is 276 g/mol. The molecule has 0 bridgehead atoms. The van der Waals surface area contributed by atoms with Crippen LogP contribution in [-0.4, -0.2) is 10.9 Å². The fourth-order valence-electron chi connectivity index (χ4n) is 1.01. The lowest BCUT2D eigenvalue weighted by molar-refractivity contribution is 0.0999. The first-order valence-electron chi connectivity index (χ1n) is 3.65. The summed E-state index contributed by atoms with van der Waals surface area (Å²) < 4.78 is 24.9. The van der Waals surface area contributed by atoms with E-state index in [0.29, 0.717) is 0 Å². The number of alkyl halides is 2. The maximum Gasteiger partial charge on any atom is 0.267 e. The summed E-state index contributed by atoms with van der Waals surface area (Å²) in [5.41, 5.74) is 3.55. The number of nitrogens with two attached hydrogens (primary N) is 1. The molecule has 0 aliphatic carbocycles. The Labute approximate surface area is 91.8 Å². The second kappa shape index (κ2) is 4.31. The van der Waals surface area contributed by atoms with Crippen LogP contribution >= 0.6 is 15.9 Å². The van der Waals surface area contributed by atoms with E-state index in [0.717, 1.165) is 6.20 Å². The summed E-state index contributed by atoms with van der Waals surface area (Å²) in [4.78, 5) is 14.4. The van der Waals surface area contributed by atoms with E-state index in [1.165, 1.54) is 6.07 Å². The smallest absolute Gasteiger partial charge is 0.267 e. The first kappa shape index (κ1) is 11.5. The SMILES string of the molecule is N#Cc1c(C(N)=O)cnc(Br)c1C(F)F. The van der Waals surface area contributed by atoms with E-state index in [1.807, 2.05) is 0 Å². The van der Waals surface area contributed by atoms with Gasteiger partial charge in [0.05, 0.1) is 16.7 Å². The van der Waals surface area contributed by atoms with Crippen molar-refractivity contribution >= 4 is 21.8 Å². The Kier molecular flexibility index (Phi) is 3.31. The van der Waals surface area contributed by atoms with Crippen LogP contribution in [0.1, 0.15) is 27.9 Å². The highest BCUT2D eigenvalue weighted by atomic mass is 79.9. The molecule has 0 saturated heterocycles. The van der Waals surface area contributed by atoms with Gasteiger partial charge in [0.1, 0.15) is 10.7 Å². The molecule has 0 saturated carbocycles. The lowest BCUT2D eigenvalue weighted by Gasteiger charge is -2.07. The molecular formula is C8H4BrF2N3O. The van der Waals surface area contributed by atoms with Gasteiger partial charge in [-0.15, -0.1) is 0 Å². The van der Waals surface area contributed by atoms with Gasteiger partial charge in [0.25, 0.3) is 12.3 Å². The number of aromatic nitrogens is 1. The first-order valence-corrected chi connectivity index (χ1v) is 4.44. The van der Waals surface area contributed by atoms with E-state index in [4.69, 9.17) is 11.0 Å². The molecule has 2 N–H and O–H groups in total. The zero-order valence-electron chi connectivity index (χ0n) is 7.17. The normalized spacial score (nSPS) is 10.1. The topological polar surface area (TPSA) is 79.8 Å². The van der Waals surface area contributed by atoms with Crippen molar-refractivity contribution in [3.05, 3.63) is 27.5 Å². The first-order chi connectivity index (χ1) is 6.99. The molecule has 4 nitrogen and oxygen atoms in total. The summed E-state index contributed by atoms with van der Waals surface area (Å²) in [5.74, 6) is -0.964. The number of nitriles is 1. The van der Waals surface area contributed by atoms with Crippen LogP contribution in [-0.2, 0) is 0 Å². The molecule has 1 aromatic heterocycles. The highest BCUT2D eigenvalue weighted by molar-refractivity contribution is 9.10. The standard InChI is InChI=1S/C8H4BrF2N3O/c9-6-5(7(10)11)3(1-12)4(2-14-6)8(13)15/h2,7H,(H2,13,15). The quantitative estimate of drug-likeness (QED) is 0.835. The maximum absolute atomic E-state index is 12.5. The Bertz CT molecular complexity index is 456. The van der Waals surface area contributed by atoms with E-state index < -0.39 is 23.5 Å². The summed E-state index contributed by atoms with van der Waals surface area (Å²) in [6, 6.07) is 1.52. The van der Waals surface area contributed by atoms with Gasteiger partial charge in [0.15, 0.2) is 0 Å². The molecule has 0 radical (unpaired) electrons. The fourth-order valence-corrected chi connectivity index (χ4v) is 1.48. The second-order valence-electron chi connectivity index (χ2n) is 2.53. The number of rotatable bonds is 2. The Hall–Kier alpha value is -1.55. The van der Waals surface area contributed by atoms with Gasteiger partial charge in [0.2, 0.25) is 0 Å². The monoisotopic (exact) mass is 275 g/mol. The number of carbonyl (C=O) groups excluding carboxylic acids is 1. The lowest BCUT2D eigenvalue weighted by atomic mass is 10.1. The summed E-state index contributed by atoms with van der Waals surface area (Å²) in [6.45, 7) is 0. The van der Waals surface area contributed by atoms with Gasteiger partial charge < -0.3 is 5.73 Å². The van der Waals surface area contributed by atoms with Crippen molar-refractivity contribution in [2.24, 2.45) is 5.73 Å². The highest BCUT2D eigenvalue weighted by Crippen LogP contribution is 2.30. The molecule has 0 unspecified atom stereocenters. The summed E-state index contributed by atoms with van der Waals surface area (Å²) in [6.07, 6.45) is -1.92. The zero-order chi connectivity index (χ0) is 11.6. The third-order valence-corrected chi connectivity index (χ3v) is 2.30. The Morgan fingerprint density at radius 2 is 2.27 bits per heavy atom. The number of hydrogen-bond acceptors (Lipinski definition) is 3. The predicted octanol–water partition coefficient (Wildman–Crippen LogP) is 1.75. The molecule has 7 heteroatoms. The van der Waals surface area contributed by atoms with Crippen molar-refractivity contribution in [1.29, 1.82) is 5.26 Å². The summed E-state index contributed by atoms with van der Waals surface area (Å²) in [5, 5.41) is 8.68. The van der Waals surface area contributed by atoms with Gasteiger partial charge in [-0.05, 0) is 15.9 Å². The van der Waals surface area contributed by atoms with Crippen molar-refractivity contribution in [2.45, 2.75) is 6.43 Å². The molecule has 0 aromatic carbocycles. The van der Waals surface area contributed by atoms with Crippen LogP contribution in [0.4, 0.5) is 8.78 Å². The molecule has 0 aliphatic heterocycles. The molecule has 1 amide bonds.